The molecule has 14 heteroatoms. The van der Waals surface area contributed by atoms with Crippen LogP contribution in [0.2, 0.25) is 10.0 Å². The molecule has 0 saturated heterocycles. The molecule has 0 unspecified atom stereocenters. The number of nitro groups is 1. The summed E-state index contributed by atoms with van der Waals surface area (Å²) in [5.41, 5.74) is 0.283. The van der Waals surface area contributed by atoms with E-state index >= 15 is 0 Å². The predicted octanol–water partition coefficient (Wildman–Crippen LogP) is 3.62. The molecule has 8 nitrogen and oxygen atoms in total. The van der Waals surface area contributed by atoms with Gasteiger partial charge in [0.1, 0.15) is 5.02 Å². The molecule has 0 aliphatic rings. The van der Waals surface area contributed by atoms with Gasteiger partial charge in [-0.1, -0.05) is 23.2 Å². The number of benzene rings is 1. The van der Waals surface area contributed by atoms with Gasteiger partial charge in [-0.2, -0.15) is 13.2 Å². The number of nitro benzene ring substituents is 1. The Morgan fingerprint density at radius 2 is 1.81 bits per heavy atom. The number of sulfonamides is 1. The summed E-state index contributed by atoms with van der Waals surface area (Å²) in [6.45, 7) is 0. The average molecular weight is 431 g/mol. The number of alkyl halides is 3. The van der Waals surface area contributed by atoms with Crippen LogP contribution in [-0.2, 0) is 16.2 Å². The Bertz CT molecular complexity index is 969. The standard InChI is InChI=1S/C12H7Cl2F3N4O4S/c13-8-2-1-7(4-10(8)21(22)23)26(24,25)20-19-11-9(14)3-6(5-18-11)12(15,16)17/h1-5,20H,(H,18,19). The minimum atomic E-state index is -4.67. The third kappa shape index (κ3) is 4.52. The van der Waals surface area contributed by atoms with E-state index in [0.29, 0.717) is 18.3 Å². The fraction of sp³-hybridized carbons (Fsp3) is 0.0833. The number of rotatable bonds is 5. The number of hydrogen-bond acceptors (Lipinski definition) is 6. The molecule has 0 fully saturated rings. The molecule has 0 radical (unpaired) electrons. The zero-order chi connectivity index (χ0) is 19.7. The van der Waals surface area contributed by atoms with E-state index in [1.165, 1.54) is 0 Å². The zero-order valence-corrected chi connectivity index (χ0v) is 14.5. The van der Waals surface area contributed by atoms with Gasteiger partial charge in [0.15, 0.2) is 5.82 Å². The zero-order valence-electron chi connectivity index (χ0n) is 12.2. The molecule has 0 atom stereocenters. The highest BCUT2D eigenvalue weighted by Gasteiger charge is 2.31. The Morgan fingerprint density at radius 3 is 2.35 bits per heavy atom. The molecule has 2 rings (SSSR count). The number of nitrogens with zero attached hydrogens (tertiary/aromatic N) is 2. The molecule has 2 N–H and O–H groups in total. The summed E-state index contributed by atoms with van der Waals surface area (Å²) >= 11 is 11.2. The maximum Gasteiger partial charge on any atom is 0.417 e. The van der Waals surface area contributed by atoms with Crippen LogP contribution in [0.1, 0.15) is 5.56 Å². The van der Waals surface area contributed by atoms with Crippen LogP contribution in [-0.4, -0.2) is 18.3 Å². The van der Waals surface area contributed by atoms with E-state index in [-0.39, 0.29) is 5.02 Å². The molecule has 1 heterocycles. The summed E-state index contributed by atoms with van der Waals surface area (Å²) in [6.07, 6.45) is -4.22. The fourth-order valence-corrected chi connectivity index (χ4v) is 2.92. The maximum absolute atomic E-state index is 12.5. The summed E-state index contributed by atoms with van der Waals surface area (Å²) < 4.78 is 61.9. The SMILES string of the molecule is O=[N+]([O-])c1cc(S(=O)(=O)NNc2ncc(C(F)(F)F)cc2Cl)ccc1Cl. The number of aromatic nitrogens is 1. The van der Waals surface area contributed by atoms with Crippen molar-refractivity contribution >= 4 is 44.7 Å². The van der Waals surface area contributed by atoms with Gasteiger partial charge in [0.25, 0.3) is 15.7 Å². The predicted molar refractivity (Wildman–Crippen MR) is 86.3 cm³/mol. The van der Waals surface area contributed by atoms with Gasteiger partial charge in [0, 0.05) is 12.3 Å². The van der Waals surface area contributed by atoms with Crippen molar-refractivity contribution in [3.8, 4) is 0 Å². The Hall–Kier alpha value is -2.15. The molecule has 0 saturated carbocycles. The van der Waals surface area contributed by atoms with E-state index in [9.17, 15) is 31.7 Å². The first-order valence-electron chi connectivity index (χ1n) is 6.36. The van der Waals surface area contributed by atoms with E-state index < -0.39 is 48.1 Å². The summed E-state index contributed by atoms with van der Waals surface area (Å²) in [4.78, 5) is 14.6. The first kappa shape index (κ1) is 20.2. The van der Waals surface area contributed by atoms with Gasteiger partial charge < -0.3 is 0 Å². The molecule has 0 bridgehead atoms. The number of anilines is 1. The van der Waals surface area contributed by atoms with E-state index in [1.54, 1.807) is 4.83 Å². The second kappa shape index (κ2) is 7.23. The number of pyridine rings is 1. The Morgan fingerprint density at radius 1 is 1.15 bits per heavy atom. The minimum Gasteiger partial charge on any atom is -0.291 e. The normalized spacial score (nSPS) is 12.0. The highest BCUT2D eigenvalue weighted by atomic mass is 35.5. The summed E-state index contributed by atoms with van der Waals surface area (Å²) in [7, 11) is -4.33. The third-order valence-electron chi connectivity index (χ3n) is 2.90. The number of hydrogen-bond donors (Lipinski definition) is 2. The summed E-state index contributed by atoms with van der Waals surface area (Å²) in [5, 5.41) is 10.0. The van der Waals surface area contributed by atoms with Crippen LogP contribution in [0.25, 0.3) is 0 Å². The molecular weight excluding hydrogens is 424 g/mol. The molecule has 140 valence electrons. The van der Waals surface area contributed by atoms with Crippen LogP contribution in [0.5, 0.6) is 0 Å². The van der Waals surface area contributed by atoms with Crippen molar-refractivity contribution in [3.63, 3.8) is 0 Å². The number of halogens is 5. The van der Waals surface area contributed by atoms with Crippen LogP contribution in [0.3, 0.4) is 0 Å². The van der Waals surface area contributed by atoms with Crippen molar-refractivity contribution in [1.29, 1.82) is 0 Å². The molecule has 2 aromatic rings. The lowest BCUT2D eigenvalue weighted by atomic mass is 10.3. The molecule has 1 aromatic heterocycles. The van der Waals surface area contributed by atoms with Crippen molar-refractivity contribution in [2.24, 2.45) is 0 Å². The monoisotopic (exact) mass is 430 g/mol. The smallest absolute Gasteiger partial charge is 0.291 e. The molecule has 0 aliphatic heterocycles. The van der Waals surface area contributed by atoms with Gasteiger partial charge in [0.05, 0.1) is 20.4 Å². The van der Waals surface area contributed by atoms with E-state index in [0.717, 1.165) is 12.1 Å². The Kier molecular flexibility index (Phi) is 5.61. The molecule has 0 amide bonds. The highest BCUT2D eigenvalue weighted by molar-refractivity contribution is 7.89. The van der Waals surface area contributed by atoms with Crippen LogP contribution in [0.15, 0.2) is 35.4 Å². The van der Waals surface area contributed by atoms with Gasteiger partial charge in [0.2, 0.25) is 0 Å². The van der Waals surface area contributed by atoms with Crippen LogP contribution < -0.4 is 10.3 Å². The average Bonchev–Trinajstić information content (AvgIpc) is 2.52. The Balaban J connectivity index is 2.24. The minimum absolute atomic E-state index is 0.269. The van der Waals surface area contributed by atoms with Gasteiger partial charge in [-0.15, -0.1) is 4.83 Å². The van der Waals surface area contributed by atoms with Crippen molar-refractivity contribution < 1.29 is 26.5 Å². The number of hydrazine groups is 1. The van der Waals surface area contributed by atoms with Gasteiger partial charge in [-0.25, -0.2) is 13.4 Å². The van der Waals surface area contributed by atoms with Crippen molar-refractivity contribution in [2.45, 2.75) is 11.1 Å². The van der Waals surface area contributed by atoms with Crippen molar-refractivity contribution in [3.05, 3.63) is 56.2 Å². The molecule has 26 heavy (non-hydrogen) atoms. The van der Waals surface area contributed by atoms with Gasteiger partial charge >= 0.3 is 6.18 Å². The Labute approximate surface area is 154 Å². The van der Waals surface area contributed by atoms with Gasteiger partial charge in [-0.05, 0) is 18.2 Å². The highest BCUT2D eigenvalue weighted by Crippen LogP contribution is 2.32. The van der Waals surface area contributed by atoms with Crippen molar-refractivity contribution in [2.75, 3.05) is 5.43 Å². The molecular formula is C12H7Cl2F3N4O4S. The summed E-state index contributed by atoms with van der Waals surface area (Å²) in [5.74, 6) is -0.397. The molecule has 0 aliphatic carbocycles. The largest absolute Gasteiger partial charge is 0.417 e. The first-order chi connectivity index (χ1) is 11.9. The topological polar surface area (TPSA) is 114 Å². The molecule has 1 aromatic carbocycles. The van der Waals surface area contributed by atoms with Crippen LogP contribution in [0, 0.1) is 10.1 Å². The third-order valence-corrected chi connectivity index (χ3v) is 4.75. The van der Waals surface area contributed by atoms with Crippen LogP contribution >= 0.6 is 23.2 Å². The maximum atomic E-state index is 12.5. The quantitative estimate of drug-likeness (QED) is 0.552. The van der Waals surface area contributed by atoms with Crippen molar-refractivity contribution in [1.82, 2.24) is 9.82 Å². The van der Waals surface area contributed by atoms with E-state index in [1.807, 2.05) is 5.43 Å². The molecule has 0 spiro atoms. The van der Waals surface area contributed by atoms with E-state index in [4.69, 9.17) is 23.2 Å². The van der Waals surface area contributed by atoms with E-state index in [2.05, 4.69) is 4.98 Å². The van der Waals surface area contributed by atoms with Crippen LogP contribution in [0.4, 0.5) is 24.7 Å². The second-order valence-electron chi connectivity index (χ2n) is 4.65. The lowest BCUT2D eigenvalue weighted by molar-refractivity contribution is -0.384. The fourth-order valence-electron chi connectivity index (χ4n) is 1.66. The second-order valence-corrected chi connectivity index (χ2v) is 7.15. The summed E-state index contributed by atoms with van der Waals surface area (Å²) in [6, 6.07) is 3.28. The lowest BCUT2D eigenvalue weighted by Gasteiger charge is -2.12. The van der Waals surface area contributed by atoms with Gasteiger partial charge in [-0.3, -0.25) is 15.5 Å². The lowest BCUT2D eigenvalue weighted by Crippen LogP contribution is -2.30. The first-order valence-corrected chi connectivity index (χ1v) is 8.60. The number of nitrogens with one attached hydrogen (secondary N) is 2.